The van der Waals surface area contributed by atoms with Crippen molar-refractivity contribution in [1.82, 2.24) is 9.29 Å². The van der Waals surface area contributed by atoms with Crippen LogP contribution in [0, 0.1) is 0 Å². The van der Waals surface area contributed by atoms with Crippen LogP contribution >= 0.6 is 0 Å². The number of carboxylic acids is 1. The third kappa shape index (κ3) is 2.07. The van der Waals surface area contributed by atoms with Gasteiger partial charge >= 0.3 is 5.97 Å². The van der Waals surface area contributed by atoms with Gasteiger partial charge in [0.1, 0.15) is 10.6 Å². The van der Waals surface area contributed by atoms with Gasteiger partial charge in [0.2, 0.25) is 10.0 Å². The van der Waals surface area contributed by atoms with E-state index in [1.165, 1.54) is 17.5 Å². The topological polar surface area (TPSA) is 90.5 Å². The number of aromatic carboxylic acids is 1. The van der Waals surface area contributed by atoms with E-state index in [4.69, 9.17) is 5.11 Å². The number of carboxylic acid groups (broad SMARTS) is 1. The fourth-order valence-electron chi connectivity index (χ4n) is 1.76. The first kappa shape index (κ1) is 12.1. The number of hydrogen-bond acceptors (Lipinski definition) is 3. The molecule has 1 saturated carbocycles. The Morgan fingerprint density at radius 3 is 2.59 bits per heavy atom. The minimum absolute atomic E-state index is 0.00398. The van der Waals surface area contributed by atoms with E-state index in [1.807, 2.05) is 0 Å². The lowest BCUT2D eigenvalue weighted by molar-refractivity contribution is 0.0691. The molecule has 1 aromatic heterocycles. The summed E-state index contributed by atoms with van der Waals surface area (Å²) in [5.41, 5.74) is -0.120. The van der Waals surface area contributed by atoms with Gasteiger partial charge in [0, 0.05) is 19.3 Å². The lowest BCUT2D eigenvalue weighted by Crippen LogP contribution is -2.41. The molecule has 1 aliphatic rings. The molecule has 17 heavy (non-hydrogen) atoms. The summed E-state index contributed by atoms with van der Waals surface area (Å²) in [6.45, 7) is 0. The van der Waals surface area contributed by atoms with Gasteiger partial charge in [0.05, 0.1) is 0 Å². The maximum atomic E-state index is 12.1. The second kappa shape index (κ2) is 4.15. The largest absolute Gasteiger partial charge is 0.477 e. The van der Waals surface area contributed by atoms with Crippen LogP contribution in [0.5, 0.6) is 0 Å². The summed E-state index contributed by atoms with van der Waals surface area (Å²) in [6.07, 6.45) is 3.99. The number of sulfonamides is 1. The van der Waals surface area contributed by atoms with Crippen molar-refractivity contribution in [2.75, 3.05) is 7.05 Å². The van der Waals surface area contributed by atoms with Gasteiger partial charge in [0.25, 0.3) is 0 Å². The van der Waals surface area contributed by atoms with Crippen molar-refractivity contribution in [2.45, 2.75) is 30.2 Å². The second-order valence-electron chi connectivity index (χ2n) is 4.16. The Balaban J connectivity index is 2.27. The summed E-state index contributed by atoms with van der Waals surface area (Å²) in [4.78, 5) is 13.1. The van der Waals surface area contributed by atoms with E-state index >= 15 is 0 Å². The highest BCUT2D eigenvalue weighted by Gasteiger charge is 2.32. The predicted molar refractivity (Wildman–Crippen MR) is 60.3 cm³/mol. The molecule has 2 rings (SSSR count). The van der Waals surface area contributed by atoms with Gasteiger partial charge in [-0.1, -0.05) is 6.42 Å². The highest BCUT2D eigenvalue weighted by molar-refractivity contribution is 7.89. The molecule has 0 saturated heterocycles. The minimum Gasteiger partial charge on any atom is -0.477 e. The van der Waals surface area contributed by atoms with Crippen LogP contribution < -0.4 is 0 Å². The van der Waals surface area contributed by atoms with E-state index in [1.54, 1.807) is 0 Å². The highest BCUT2D eigenvalue weighted by atomic mass is 32.2. The monoisotopic (exact) mass is 258 g/mol. The van der Waals surface area contributed by atoms with E-state index in [0.717, 1.165) is 25.3 Å². The van der Waals surface area contributed by atoms with E-state index < -0.39 is 16.0 Å². The SMILES string of the molecule is CN(C1CCC1)S(=O)(=O)c1c[nH]c(C(=O)O)c1. The molecule has 0 amide bonds. The van der Waals surface area contributed by atoms with Crippen LogP contribution in [0.25, 0.3) is 0 Å². The Hall–Kier alpha value is -1.34. The smallest absolute Gasteiger partial charge is 0.352 e. The van der Waals surface area contributed by atoms with E-state index in [9.17, 15) is 13.2 Å². The number of hydrogen-bond donors (Lipinski definition) is 2. The number of aromatic amines is 1. The number of aromatic nitrogens is 1. The van der Waals surface area contributed by atoms with Crippen LogP contribution in [0.3, 0.4) is 0 Å². The third-order valence-corrected chi connectivity index (χ3v) is 5.04. The molecule has 0 spiro atoms. The van der Waals surface area contributed by atoms with Crippen molar-refractivity contribution >= 4 is 16.0 Å². The van der Waals surface area contributed by atoms with Crippen LogP contribution in [0.1, 0.15) is 29.8 Å². The number of carbonyl (C=O) groups is 1. The molecule has 0 unspecified atom stereocenters. The van der Waals surface area contributed by atoms with Crippen LogP contribution in [0.2, 0.25) is 0 Å². The zero-order valence-electron chi connectivity index (χ0n) is 9.38. The van der Waals surface area contributed by atoms with Gasteiger partial charge in [0.15, 0.2) is 0 Å². The molecule has 6 nitrogen and oxygen atoms in total. The van der Waals surface area contributed by atoms with Gasteiger partial charge < -0.3 is 10.1 Å². The third-order valence-electron chi connectivity index (χ3n) is 3.15. The summed E-state index contributed by atoms with van der Waals surface area (Å²) in [5, 5.41) is 8.73. The molecular formula is C10H14N2O4S. The molecule has 1 fully saturated rings. The van der Waals surface area contributed by atoms with Crippen molar-refractivity contribution in [1.29, 1.82) is 0 Å². The normalized spacial score (nSPS) is 17.1. The molecule has 0 bridgehead atoms. The van der Waals surface area contributed by atoms with Crippen molar-refractivity contribution in [3.05, 3.63) is 18.0 Å². The molecule has 1 heterocycles. The maximum Gasteiger partial charge on any atom is 0.352 e. The number of nitrogens with one attached hydrogen (secondary N) is 1. The number of H-pyrrole nitrogens is 1. The Labute approximate surface area is 99.3 Å². The highest BCUT2D eigenvalue weighted by Crippen LogP contribution is 2.28. The van der Waals surface area contributed by atoms with E-state index in [-0.39, 0.29) is 16.6 Å². The van der Waals surface area contributed by atoms with Gasteiger partial charge in [-0.15, -0.1) is 0 Å². The van der Waals surface area contributed by atoms with Crippen molar-refractivity contribution in [3.8, 4) is 0 Å². The molecule has 0 radical (unpaired) electrons. The summed E-state index contributed by atoms with van der Waals surface area (Å²) < 4.78 is 25.6. The Morgan fingerprint density at radius 1 is 1.53 bits per heavy atom. The average molecular weight is 258 g/mol. The summed E-state index contributed by atoms with van der Waals surface area (Å²) in [6, 6.07) is 1.19. The summed E-state index contributed by atoms with van der Waals surface area (Å²) in [5.74, 6) is -1.17. The number of rotatable bonds is 4. The molecular weight excluding hydrogens is 244 g/mol. The van der Waals surface area contributed by atoms with Gasteiger partial charge in [-0.05, 0) is 18.9 Å². The molecule has 1 aliphatic carbocycles. The fraction of sp³-hybridized carbons (Fsp3) is 0.500. The van der Waals surface area contributed by atoms with Crippen LogP contribution in [0.4, 0.5) is 0 Å². The Morgan fingerprint density at radius 2 is 2.18 bits per heavy atom. The molecule has 7 heteroatoms. The molecule has 0 aromatic carbocycles. The zero-order chi connectivity index (χ0) is 12.6. The summed E-state index contributed by atoms with van der Waals surface area (Å²) in [7, 11) is -2.04. The maximum absolute atomic E-state index is 12.1. The standard InChI is InChI=1S/C10H14N2O4S/c1-12(7-3-2-4-7)17(15,16)8-5-9(10(13)14)11-6-8/h5-7,11H,2-4H2,1H3,(H,13,14). The Bertz CT molecular complexity index is 530. The van der Waals surface area contributed by atoms with Crippen molar-refractivity contribution in [2.24, 2.45) is 0 Å². The van der Waals surface area contributed by atoms with Crippen molar-refractivity contribution < 1.29 is 18.3 Å². The van der Waals surface area contributed by atoms with Gasteiger partial charge in [-0.2, -0.15) is 4.31 Å². The first-order valence-corrected chi connectivity index (χ1v) is 6.76. The minimum atomic E-state index is -3.57. The molecule has 1 aromatic rings. The van der Waals surface area contributed by atoms with E-state index in [0.29, 0.717) is 0 Å². The molecule has 94 valence electrons. The predicted octanol–water partition coefficient (Wildman–Crippen LogP) is 0.886. The number of nitrogens with zero attached hydrogens (tertiary/aromatic N) is 1. The lowest BCUT2D eigenvalue weighted by atomic mass is 9.94. The Kier molecular flexibility index (Phi) is 2.96. The van der Waals surface area contributed by atoms with Crippen LogP contribution in [0.15, 0.2) is 17.2 Å². The van der Waals surface area contributed by atoms with Gasteiger partial charge in [-0.25, -0.2) is 13.2 Å². The molecule has 0 atom stereocenters. The van der Waals surface area contributed by atoms with Gasteiger partial charge in [-0.3, -0.25) is 0 Å². The second-order valence-corrected chi connectivity index (χ2v) is 6.16. The first-order chi connectivity index (χ1) is 7.93. The quantitative estimate of drug-likeness (QED) is 0.839. The molecule has 0 aliphatic heterocycles. The average Bonchev–Trinajstić information content (AvgIpc) is 2.63. The molecule has 2 N–H and O–H groups in total. The zero-order valence-corrected chi connectivity index (χ0v) is 10.2. The van der Waals surface area contributed by atoms with Crippen LogP contribution in [-0.4, -0.2) is 41.9 Å². The van der Waals surface area contributed by atoms with E-state index in [2.05, 4.69) is 4.98 Å². The lowest BCUT2D eigenvalue weighted by Gasteiger charge is -2.33. The van der Waals surface area contributed by atoms with Crippen molar-refractivity contribution in [3.63, 3.8) is 0 Å². The fourth-order valence-corrected chi connectivity index (χ4v) is 3.17. The summed E-state index contributed by atoms with van der Waals surface area (Å²) >= 11 is 0. The van der Waals surface area contributed by atoms with Crippen LogP contribution in [-0.2, 0) is 10.0 Å². The first-order valence-electron chi connectivity index (χ1n) is 5.32.